The Bertz CT molecular complexity index is 399. The smallest absolute Gasteiger partial charge is 0.167 e. The molecule has 4 nitrogen and oxygen atoms in total. The number of hydrogen-bond donors (Lipinski definition) is 1. The van der Waals surface area contributed by atoms with Gasteiger partial charge in [0.15, 0.2) is 11.6 Å². The molecule has 0 radical (unpaired) electrons. The Morgan fingerprint density at radius 1 is 1.39 bits per heavy atom. The topological polar surface area (TPSA) is 47.7 Å². The molecule has 0 fully saturated rings. The Morgan fingerprint density at radius 3 is 2.56 bits per heavy atom. The Hall–Kier alpha value is -1.49. The van der Waals surface area contributed by atoms with Gasteiger partial charge >= 0.3 is 0 Å². The molecule has 0 spiro atoms. The highest BCUT2D eigenvalue weighted by atomic mass is 19.1. The first-order valence-electron chi connectivity index (χ1n) is 5.93. The molecule has 0 bridgehead atoms. The van der Waals surface area contributed by atoms with Gasteiger partial charge in [-0.15, -0.1) is 0 Å². The number of ether oxygens (including phenoxy) is 2. The number of methoxy groups -OCH3 is 2. The Kier molecular flexibility index (Phi) is 5.22. The van der Waals surface area contributed by atoms with E-state index in [9.17, 15) is 4.39 Å². The van der Waals surface area contributed by atoms with Gasteiger partial charge in [0.25, 0.3) is 0 Å². The van der Waals surface area contributed by atoms with Crippen LogP contribution in [0.1, 0.15) is 13.8 Å². The van der Waals surface area contributed by atoms with Gasteiger partial charge in [-0.05, 0) is 13.8 Å². The average Bonchev–Trinajstić information content (AvgIpc) is 2.33. The zero-order chi connectivity index (χ0) is 13.7. The summed E-state index contributed by atoms with van der Waals surface area (Å²) in [4.78, 5) is 2.06. The summed E-state index contributed by atoms with van der Waals surface area (Å²) in [7, 11) is 3.09. The lowest BCUT2D eigenvalue weighted by molar-refractivity contribution is 0.182. The number of anilines is 2. The average molecular weight is 256 g/mol. The van der Waals surface area contributed by atoms with Crippen LogP contribution < -0.4 is 15.4 Å². The van der Waals surface area contributed by atoms with Crippen molar-refractivity contribution in [3.05, 3.63) is 17.9 Å². The minimum absolute atomic E-state index is 0.150. The Labute approximate surface area is 107 Å². The summed E-state index contributed by atoms with van der Waals surface area (Å²) < 4.78 is 23.6. The largest absolute Gasteiger partial charge is 0.494 e. The van der Waals surface area contributed by atoms with Crippen molar-refractivity contribution in [2.24, 2.45) is 0 Å². The van der Waals surface area contributed by atoms with E-state index in [4.69, 9.17) is 15.2 Å². The van der Waals surface area contributed by atoms with E-state index in [0.29, 0.717) is 12.3 Å². The van der Waals surface area contributed by atoms with Gasteiger partial charge in [-0.1, -0.05) is 0 Å². The van der Waals surface area contributed by atoms with Crippen LogP contribution >= 0.6 is 0 Å². The number of rotatable bonds is 6. The normalized spacial score (nSPS) is 12.3. The van der Waals surface area contributed by atoms with Crippen molar-refractivity contribution in [2.45, 2.75) is 19.9 Å². The van der Waals surface area contributed by atoms with Crippen LogP contribution in [0.4, 0.5) is 15.8 Å². The first kappa shape index (κ1) is 14.6. The number of nitrogen functional groups attached to an aromatic ring is 1. The van der Waals surface area contributed by atoms with Crippen LogP contribution in [-0.2, 0) is 4.74 Å². The number of nitrogens with zero attached hydrogens (tertiary/aromatic N) is 1. The molecule has 0 aliphatic carbocycles. The van der Waals surface area contributed by atoms with Crippen molar-refractivity contribution in [3.63, 3.8) is 0 Å². The number of benzene rings is 1. The van der Waals surface area contributed by atoms with Gasteiger partial charge in [-0.25, -0.2) is 4.39 Å². The third-order valence-electron chi connectivity index (χ3n) is 2.89. The molecule has 0 aromatic heterocycles. The second-order valence-corrected chi connectivity index (χ2v) is 4.14. The van der Waals surface area contributed by atoms with Gasteiger partial charge in [0.1, 0.15) is 0 Å². The molecule has 0 saturated heterocycles. The summed E-state index contributed by atoms with van der Waals surface area (Å²) in [6.07, 6.45) is 0. The highest BCUT2D eigenvalue weighted by Gasteiger charge is 2.18. The molecule has 0 aliphatic rings. The van der Waals surface area contributed by atoms with E-state index in [2.05, 4.69) is 4.90 Å². The number of nitrogens with two attached hydrogens (primary N) is 1. The lowest BCUT2D eigenvalue weighted by Crippen LogP contribution is -2.36. The fourth-order valence-electron chi connectivity index (χ4n) is 2.01. The molecule has 1 unspecified atom stereocenters. The molecular weight excluding hydrogens is 235 g/mol. The summed E-state index contributed by atoms with van der Waals surface area (Å²) in [5, 5.41) is 0. The van der Waals surface area contributed by atoms with E-state index in [-0.39, 0.29) is 11.8 Å². The lowest BCUT2D eigenvalue weighted by atomic mass is 10.2. The standard InChI is InChI=1S/C13H21FN2O2/c1-5-16(9(2)8-17-3)12-7-13(18-4)10(14)6-11(12)15/h6-7,9H,5,8,15H2,1-4H3. The maximum absolute atomic E-state index is 13.5. The molecular formula is C13H21FN2O2. The molecule has 1 rings (SSSR count). The van der Waals surface area contributed by atoms with Crippen LogP contribution in [0.3, 0.4) is 0 Å². The van der Waals surface area contributed by atoms with Crippen LogP contribution in [-0.4, -0.2) is 33.4 Å². The molecule has 2 N–H and O–H groups in total. The van der Waals surface area contributed by atoms with Crippen molar-refractivity contribution in [1.29, 1.82) is 0 Å². The first-order valence-corrected chi connectivity index (χ1v) is 5.93. The minimum Gasteiger partial charge on any atom is -0.494 e. The fraction of sp³-hybridized carbons (Fsp3) is 0.538. The van der Waals surface area contributed by atoms with Crippen molar-refractivity contribution in [1.82, 2.24) is 0 Å². The second-order valence-electron chi connectivity index (χ2n) is 4.14. The monoisotopic (exact) mass is 256 g/mol. The molecule has 1 aromatic rings. The van der Waals surface area contributed by atoms with Gasteiger partial charge in [-0.2, -0.15) is 0 Å². The predicted molar refractivity (Wildman–Crippen MR) is 71.7 cm³/mol. The van der Waals surface area contributed by atoms with E-state index in [1.54, 1.807) is 13.2 Å². The lowest BCUT2D eigenvalue weighted by Gasteiger charge is -2.31. The SMILES string of the molecule is CCN(c1cc(OC)c(F)cc1N)C(C)COC. The quantitative estimate of drug-likeness (QED) is 0.793. The zero-order valence-corrected chi connectivity index (χ0v) is 11.4. The predicted octanol–water partition coefficient (Wildman–Crippen LogP) is 2.28. The van der Waals surface area contributed by atoms with Crippen molar-refractivity contribution >= 4 is 11.4 Å². The van der Waals surface area contributed by atoms with Crippen LogP contribution in [0.25, 0.3) is 0 Å². The van der Waals surface area contributed by atoms with E-state index in [0.717, 1.165) is 12.2 Å². The molecule has 102 valence electrons. The van der Waals surface area contributed by atoms with Gasteiger partial charge < -0.3 is 20.1 Å². The van der Waals surface area contributed by atoms with Crippen molar-refractivity contribution < 1.29 is 13.9 Å². The Balaban J connectivity index is 3.12. The zero-order valence-electron chi connectivity index (χ0n) is 11.4. The molecule has 1 atom stereocenters. The number of halogens is 1. The highest BCUT2D eigenvalue weighted by Crippen LogP contribution is 2.31. The van der Waals surface area contributed by atoms with Crippen LogP contribution in [0, 0.1) is 5.82 Å². The van der Waals surface area contributed by atoms with E-state index in [1.807, 2.05) is 13.8 Å². The summed E-state index contributed by atoms with van der Waals surface area (Å²) in [5.74, 6) is -0.253. The molecule has 0 aliphatic heterocycles. The summed E-state index contributed by atoms with van der Waals surface area (Å²) >= 11 is 0. The van der Waals surface area contributed by atoms with Crippen molar-refractivity contribution in [3.8, 4) is 5.75 Å². The van der Waals surface area contributed by atoms with Crippen LogP contribution in [0.5, 0.6) is 5.75 Å². The van der Waals surface area contributed by atoms with Gasteiger partial charge in [0, 0.05) is 31.8 Å². The fourth-order valence-corrected chi connectivity index (χ4v) is 2.01. The third-order valence-corrected chi connectivity index (χ3v) is 2.89. The molecule has 18 heavy (non-hydrogen) atoms. The Morgan fingerprint density at radius 2 is 2.06 bits per heavy atom. The molecule has 5 heteroatoms. The second kappa shape index (κ2) is 6.44. The van der Waals surface area contributed by atoms with Crippen LogP contribution in [0.2, 0.25) is 0 Å². The third kappa shape index (κ3) is 3.04. The highest BCUT2D eigenvalue weighted by molar-refractivity contribution is 5.70. The van der Waals surface area contributed by atoms with Crippen molar-refractivity contribution in [2.75, 3.05) is 38.0 Å². The summed E-state index contributed by atoms with van der Waals surface area (Å²) in [5.41, 5.74) is 7.04. The molecule has 0 saturated carbocycles. The van der Waals surface area contributed by atoms with Gasteiger partial charge in [-0.3, -0.25) is 0 Å². The molecule has 0 heterocycles. The number of hydrogen-bond acceptors (Lipinski definition) is 4. The summed E-state index contributed by atoms with van der Waals surface area (Å²) in [6, 6.07) is 3.06. The number of likely N-dealkylation sites (N-methyl/N-ethyl adjacent to an activating group) is 1. The maximum Gasteiger partial charge on any atom is 0.167 e. The first-order chi connectivity index (χ1) is 8.54. The van der Waals surface area contributed by atoms with E-state index in [1.165, 1.54) is 13.2 Å². The van der Waals surface area contributed by atoms with E-state index < -0.39 is 5.82 Å². The van der Waals surface area contributed by atoms with Crippen LogP contribution in [0.15, 0.2) is 12.1 Å². The maximum atomic E-state index is 13.5. The molecule has 1 aromatic carbocycles. The van der Waals surface area contributed by atoms with Gasteiger partial charge in [0.05, 0.1) is 25.1 Å². The van der Waals surface area contributed by atoms with E-state index >= 15 is 0 Å². The minimum atomic E-state index is -0.450. The summed E-state index contributed by atoms with van der Waals surface area (Å²) in [6.45, 7) is 5.38. The van der Waals surface area contributed by atoms with Gasteiger partial charge in [0.2, 0.25) is 0 Å². The molecule has 0 amide bonds.